The van der Waals surface area contributed by atoms with Crippen LogP contribution in [0.3, 0.4) is 0 Å². The third-order valence-corrected chi connectivity index (χ3v) is 5.43. The molecule has 2 aromatic heterocycles. The van der Waals surface area contributed by atoms with Crippen molar-refractivity contribution in [3.8, 4) is 5.69 Å². The molecule has 124 valence electrons. The number of nitrogens with one attached hydrogen (secondary N) is 1. The minimum atomic E-state index is -0.162. The lowest BCUT2D eigenvalue weighted by Crippen LogP contribution is -2.26. The van der Waals surface area contributed by atoms with E-state index in [0.29, 0.717) is 10.6 Å². The Morgan fingerprint density at radius 2 is 1.88 bits per heavy atom. The Kier molecular flexibility index (Phi) is 4.78. The van der Waals surface area contributed by atoms with E-state index < -0.39 is 0 Å². The van der Waals surface area contributed by atoms with Crippen molar-refractivity contribution in [2.75, 3.05) is 0 Å². The number of aromatic nitrogens is 1. The van der Waals surface area contributed by atoms with Gasteiger partial charge in [-0.15, -0.1) is 11.3 Å². The lowest BCUT2D eigenvalue weighted by Gasteiger charge is -2.15. The van der Waals surface area contributed by atoms with Crippen LogP contribution in [0.25, 0.3) is 5.69 Å². The Labute approximate surface area is 150 Å². The van der Waals surface area contributed by atoms with Crippen LogP contribution in [0.4, 0.5) is 0 Å². The molecule has 0 bridgehead atoms. The molecule has 1 amide bonds. The first kappa shape index (κ1) is 16.8. The molecule has 0 radical (unpaired) electrons. The van der Waals surface area contributed by atoms with Crippen LogP contribution in [0.5, 0.6) is 0 Å². The Morgan fingerprint density at radius 1 is 1.17 bits per heavy atom. The zero-order valence-corrected chi connectivity index (χ0v) is 15.4. The second kappa shape index (κ2) is 6.83. The third-order valence-electron chi connectivity index (χ3n) is 4.04. The van der Waals surface area contributed by atoms with Crippen LogP contribution in [0, 0.1) is 13.8 Å². The average molecular weight is 359 g/mol. The molecule has 1 unspecified atom stereocenters. The molecule has 24 heavy (non-hydrogen) atoms. The lowest BCUT2D eigenvalue weighted by molar-refractivity contribution is 0.0940. The molecule has 2 heterocycles. The van der Waals surface area contributed by atoms with Gasteiger partial charge in [0, 0.05) is 22.0 Å². The molecule has 1 N–H and O–H groups in total. The van der Waals surface area contributed by atoms with Crippen molar-refractivity contribution < 1.29 is 4.79 Å². The fraction of sp³-hybridized carbons (Fsp3) is 0.211. The molecule has 0 fully saturated rings. The van der Waals surface area contributed by atoms with Gasteiger partial charge in [0.2, 0.25) is 0 Å². The fourth-order valence-electron chi connectivity index (χ4n) is 2.79. The number of rotatable bonds is 4. The summed E-state index contributed by atoms with van der Waals surface area (Å²) in [7, 11) is 0. The van der Waals surface area contributed by atoms with E-state index in [1.807, 2.05) is 50.4 Å². The SMILES string of the molecule is Cc1ccc(C)n1-c1ccc(Cl)c(C(=O)NC(C)c2cccs2)c1. The van der Waals surface area contributed by atoms with Gasteiger partial charge < -0.3 is 9.88 Å². The standard InChI is InChI=1S/C19H19ClN2OS/c1-12-6-7-13(2)22(12)15-8-9-17(20)16(11-15)19(23)21-14(3)18-5-4-10-24-18/h4-11,14H,1-3H3,(H,21,23). The number of benzene rings is 1. The van der Waals surface area contributed by atoms with E-state index >= 15 is 0 Å². The fourth-order valence-corrected chi connectivity index (χ4v) is 3.72. The summed E-state index contributed by atoms with van der Waals surface area (Å²) in [6.45, 7) is 6.06. The van der Waals surface area contributed by atoms with Gasteiger partial charge in [0.1, 0.15) is 0 Å². The van der Waals surface area contributed by atoms with Crippen molar-refractivity contribution in [2.24, 2.45) is 0 Å². The van der Waals surface area contributed by atoms with Crippen LogP contribution < -0.4 is 5.32 Å². The van der Waals surface area contributed by atoms with E-state index in [1.165, 1.54) is 0 Å². The first-order valence-electron chi connectivity index (χ1n) is 7.76. The molecular formula is C19H19ClN2OS. The molecule has 0 aliphatic heterocycles. The quantitative estimate of drug-likeness (QED) is 0.674. The molecule has 0 aliphatic rings. The minimum absolute atomic E-state index is 0.0488. The van der Waals surface area contributed by atoms with Gasteiger partial charge in [-0.1, -0.05) is 17.7 Å². The Bertz CT molecular complexity index is 848. The highest BCUT2D eigenvalue weighted by atomic mass is 35.5. The van der Waals surface area contributed by atoms with E-state index in [0.717, 1.165) is 22.0 Å². The topological polar surface area (TPSA) is 34.0 Å². The zero-order chi connectivity index (χ0) is 17.3. The van der Waals surface area contributed by atoms with Gasteiger partial charge in [-0.2, -0.15) is 0 Å². The minimum Gasteiger partial charge on any atom is -0.345 e. The van der Waals surface area contributed by atoms with Gasteiger partial charge in [0.25, 0.3) is 5.91 Å². The molecule has 0 spiro atoms. The summed E-state index contributed by atoms with van der Waals surface area (Å²) < 4.78 is 2.11. The van der Waals surface area contributed by atoms with E-state index in [9.17, 15) is 4.79 Å². The third kappa shape index (κ3) is 3.25. The monoisotopic (exact) mass is 358 g/mol. The molecule has 0 saturated carbocycles. The normalized spacial score (nSPS) is 12.2. The predicted octanol–water partition coefficient (Wildman–Crippen LogP) is 5.30. The highest BCUT2D eigenvalue weighted by Crippen LogP contribution is 2.24. The van der Waals surface area contributed by atoms with Gasteiger partial charge in [0.05, 0.1) is 16.6 Å². The van der Waals surface area contributed by atoms with Crippen molar-refractivity contribution in [3.05, 3.63) is 74.7 Å². The number of thiophene rings is 1. The number of hydrogen-bond donors (Lipinski definition) is 1. The summed E-state index contributed by atoms with van der Waals surface area (Å²) in [5.41, 5.74) is 3.67. The van der Waals surface area contributed by atoms with Crippen molar-refractivity contribution in [1.29, 1.82) is 0 Å². The summed E-state index contributed by atoms with van der Waals surface area (Å²) in [6, 6.07) is 13.6. The number of carbonyl (C=O) groups excluding carboxylic acids is 1. The highest BCUT2D eigenvalue weighted by molar-refractivity contribution is 7.10. The van der Waals surface area contributed by atoms with Crippen LogP contribution in [0.2, 0.25) is 5.02 Å². The van der Waals surface area contributed by atoms with Crippen LogP contribution in [0.15, 0.2) is 47.8 Å². The Balaban J connectivity index is 1.90. The van der Waals surface area contributed by atoms with Crippen LogP contribution in [-0.4, -0.2) is 10.5 Å². The summed E-state index contributed by atoms with van der Waals surface area (Å²) in [5.74, 6) is -0.162. The van der Waals surface area contributed by atoms with Crippen molar-refractivity contribution in [1.82, 2.24) is 9.88 Å². The van der Waals surface area contributed by atoms with Gasteiger partial charge >= 0.3 is 0 Å². The Hall–Kier alpha value is -2.04. The second-order valence-electron chi connectivity index (χ2n) is 5.83. The van der Waals surface area contributed by atoms with Crippen LogP contribution in [0.1, 0.15) is 39.6 Å². The molecule has 1 atom stereocenters. The Morgan fingerprint density at radius 3 is 2.50 bits per heavy atom. The van der Waals surface area contributed by atoms with E-state index in [1.54, 1.807) is 17.4 Å². The van der Waals surface area contributed by atoms with Crippen molar-refractivity contribution in [2.45, 2.75) is 26.8 Å². The number of hydrogen-bond acceptors (Lipinski definition) is 2. The number of aryl methyl sites for hydroxylation is 2. The molecule has 0 saturated heterocycles. The van der Waals surface area contributed by atoms with Crippen LogP contribution in [-0.2, 0) is 0 Å². The first-order valence-corrected chi connectivity index (χ1v) is 9.02. The maximum atomic E-state index is 12.7. The summed E-state index contributed by atoms with van der Waals surface area (Å²) >= 11 is 7.90. The number of nitrogens with zero attached hydrogens (tertiary/aromatic N) is 1. The molecule has 3 aromatic rings. The molecule has 3 nitrogen and oxygen atoms in total. The number of amides is 1. The van der Waals surface area contributed by atoms with Gasteiger partial charge in [-0.3, -0.25) is 4.79 Å². The highest BCUT2D eigenvalue weighted by Gasteiger charge is 2.16. The van der Waals surface area contributed by atoms with Crippen molar-refractivity contribution in [3.63, 3.8) is 0 Å². The van der Waals surface area contributed by atoms with Gasteiger partial charge in [0.15, 0.2) is 0 Å². The number of halogens is 1. The molecule has 5 heteroatoms. The maximum Gasteiger partial charge on any atom is 0.253 e. The first-order chi connectivity index (χ1) is 11.5. The smallest absolute Gasteiger partial charge is 0.253 e. The van der Waals surface area contributed by atoms with E-state index in [-0.39, 0.29) is 11.9 Å². The number of carbonyl (C=O) groups is 1. The van der Waals surface area contributed by atoms with Gasteiger partial charge in [-0.25, -0.2) is 0 Å². The average Bonchev–Trinajstić information content (AvgIpc) is 3.19. The van der Waals surface area contributed by atoms with Crippen molar-refractivity contribution >= 4 is 28.8 Å². The largest absolute Gasteiger partial charge is 0.345 e. The molecule has 0 aliphatic carbocycles. The maximum absolute atomic E-state index is 12.7. The summed E-state index contributed by atoms with van der Waals surface area (Å²) in [6.07, 6.45) is 0. The molecular weight excluding hydrogens is 340 g/mol. The van der Waals surface area contributed by atoms with Crippen LogP contribution >= 0.6 is 22.9 Å². The molecule has 3 rings (SSSR count). The predicted molar refractivity (Wildman–Crippen MR) is 100 cm³/mol. The van der Waals surface area contributed by atoms with Gasteiger partial charge in [-0.05, 0) is 62.5 Å². The summed E-state index contributed by atoms with van der Waals surface area (Å²) in [4.78, 5) is 13.8. The lowest BCUT2D eigenvalue weighted by atomic mass is 10.1. The summed E-state index contributed by atoms with van der Waals surface area (Å²) in [5, 5.41) is 5.48. The zero-order valence-electron chi connectivity index (χ0n) is 13.8. The molecule has 1 aromatic carbocycles. The van der Waals surface area contributed by atoms with E-state index in [4.69, 9.17) is 11.6 Å². The second-order valence-corrected chi connectivity index (χ2v) is 7.21. The van der Waals surface area contributed by atoms with E-state index in [2.05, 4.69) is 22.0 Å².